The first-order chi connectivity index (χ1) is 18.9. The molecule has 12 nitrogen and oxygen atoms in total. The number of nitrogen functional groups attached to an aromatic ring is 1. The van der Waals surface area contributed by atoms with Gasteiger partial charge in [0.2, 0.25) is 5.95 Å². The molecule has 1 aliphatic heterocycles. The zero-order chi connectivity index (χ0) is 27.4. The number of nitrogens with one attached hydrogen (secondary N) is 1. The number of benzene rings is 1. The molecule has 0 radical (unpaired) electrons. The van der Waals surface area contributed by atoms with E-state index in [1.54, 1.807) is 22.4 Å². The van der Waals surface area contributed by atoms with Crippen molar-refractivity contribution >= 4 is 40.4 Å². The average Bonchev–Trinajstić information content (AvgIpc) is 3.48. The second kappa shape index (κ2) is 11.9. The van der Waals surface area contributed by atoms with Crippen molar-refractivity contribution in [1.82, 2.24) is 24.5 Å². The molecule has 0 amide bonds. The van der Waals surface area contributed by atoms with Crippen LogP contribution in [0.1, 0.15) is 12.6 Å². The molecule has 14 heteroatoms. The monoisotopic (exact) mass is 553 g/mol. The molecule has 0 saturated carbocycles. The lowest BCUT2D eigenvalue weighted by molar-refractivity contribution is -0.0289. The predicted octanol–water partition coefficient (Wildman–Crippen LogP) is 1.78. The second-order valence-corrected chi connectivity index (χ2v) is 10.0. The molecule has 0 aliphatic carbocycles. The molecular weight excluding hydrogens is 525 g/mol. The smallest absolute Gasteiger partial charge is 0.212 e. The number of hydrogen-bond acceptors (Lipinski definition) is 10. The maximum Gasteiger partial charge on any atom is 0.212 e. The van der Waals surface area contributed by atoms with Gasteiger partial charge in [-0.05, 0) is 42.0 Å². The van der Waals surface area contributed by atoms with Crippen molar-refractivity contribution in [3.63, 3.8) is 0 Å². The number of ether oxygens (including phenoxy) is 1. The molecule has 3 aromatic heterocycles. The molecule has 5 rings (SSSR count). The minimum Gasteiger partial charge on any atom is -0.387 e. The SMILES string of the molecule is NC(=NCCCSC[C@H]1O[C@@H](n2cnc3c(N)ncnc32)[C@H](O)[C@@H]1O)Nc1cccc(-c2ccc(F)nc2)c1. The van der Waals surface area contributed by atoms with E-state index in [2.05, 4.69) is 30.2 Å². The number of hydrogen-bond donors (Lipinski definition) is 5. The van der Waals surface area contributed by atoms with Crippen LogP contribution in [0, 0.1) is 5.95 Å². The van der Waals surface area contributed by atoms with Crippen LogP contribution in [0.5, 0.6) is 0 Å². The molecule has 1 aliphatic rings. The number of aliphatic hydroxyl groups excluding tert-OH is 2. The Morgan fingerprint density at radius 2 is 2.00 bits per heavy atom. The van der Waals surface area contributed by atoms with Crippen LogP contribution in [0.15, 0.2) is 60.2 Å². The summed E-state index contributed by atoms with van der Waals surface area (Å²) in [6.07, 6.45) is 1.42. The van der Waals surface area contributed by atoms with E-state index >= 15 is 0 Å². The predicted molar refractivity (Wildman–Crippen MR) is 147 cm³/mol. The maximum absolute atomic E-state index is 13.1. The highest BCUT2D eigenvalue weighted by Gasteiger charge is 2.44. The minimum atomic E-state index is -1.14. The number of anilines is 2. The van der Waals surface area contributed by atoms with Crippen LogP contribution < -0.4 is 16.8 Å². The molecule has 1 fully saturated rings. The summed E-state index contributed by atoms with van der Waals surface area (Å²) >= 11 is 1.59. The van der Waals surface area contributed by atoms with Gasteiger partial charge in [-0.25, -0.2) is 19.9 Å². The average molecular weight is 554 g/mol. The summed E-state index contributed by atoms with van der Waals surface area (Å²) in [6.45, 7) is 0.509. The fourth-order valence-electron chi connectivity index (χ4n) is 4.23. The molecule has 39 heavy (non-hydrogen) atoms. The molecule has 7 N–H and O–H groups in total. The maximum atomic E-state index is 13.1. The summed E-state index contributed by atoms with van der Waals surface area (Å²) in [6, 6.07) is 10.5. The third-order valence-electron chi connectivity index (χ3n) is 6.21. The number of imidazole rings is 1. The molecule has 204 valence electrons. The van der Waals surface area contributed by atoms with Crippen molar-refractivity contribution in [3.8, 4) is 11.1 Å². The van der Waals surface area contributed by atoms with E-state index in [0.29, 0.717) is 23.5 Å². The fourth-order valence-corrected chi connectivity index (χ4v) is 5.24. The highest BCUT2D eigenvalue weighted by Crippen LogP contribution is 2.33. The standard InChI is InChI=1S/C25H28FN9O3S/c26-18-6-5-15(10-30-18)14-3-1-4-16(9-14)34-25(28)29-7-2-8-39-11-17-20(36)21(37)24(38-17)35-13-33-19-22(27)31-12-32-23(19)35/h1,3-6,9-10,12-13,17,20-21,24,36-37H,2,7-8,11H2,(H2,27,31,32)(H3,28,29,34)/t17-,20-,21-,24-/m1/s1. The number of rotatable bonds is 9. The first-order valence-corrected chi connectivity index (χ1v) is 13.4. The topological polar surface area (TPSA) is 183 Å². The third kappa shape index (κ3) is 6.09. The molecule has 1 aromatic carbocycles. The number of nitrogens with two attached hydrogens (primary N) is 2. The molecular formula is C25H28FN9O3S. The Morgan fingerprint density at radius 1 is 1.13 bits per heavy atom. The Morgan fingerprint density at radius 3 is 2.82 bits per heavy atom. The summed E-state index contributed by atoms with van der Waals surface area (Å²) in [7, 11) is 0. The van der Waals surface area contributed by atoms with E-state index < -0.39 is 30.5 Å². The molecule has 0 unspecified atom stereocenters. The van der Waals surface area contributed by atoms with Crippen LogP contribution in [0.3, 0.4) is 0 Å². The first-order valence-electron chi connectivity index (χ1n) is 12.2. The van der Waals surface area contributed by atoms with Crippen LogP contribution in [-0.2, 0) is 4.74 Å². The number of nitrogens with zero attached hydrogens (tertiary/aromatic N) is 6. The second-order valence-electron chi connectivity index (χ2n) is 8.90. The number of thioether (sulfide) groups is 1. The Kier molecular flexibility index (Phi) is 8.16. The Bertz CT molecular complexity index is 1450. The van der Waals surface area contributed by atoms with E-state index in [1.807, 2.05) is 24.3 Å². The normalized spacial score (nSPS) is 21.5. The van der Waals surface area contributed by atoms with Crippen molar-refractivity contribution in [3.05, 3.63) is 61.2 Å². The number of aromatic nitrogens is 5. The summed E-state index contributed by atoms with van der Waals surface area (Å²) < 4.78 is 20.6. The first kappa shape index (κ1) is 26.7. The Balaban J connectivity index is 1.07. The van der Waals surface area contributed by atoms with E-state index in [0.717, 1.165) is 29.0 Å². The van der Waals surface area contributed by atoms with Gasteiger partial charge >= 0.3 is 0 Å². The van der Waals surface area contributed by atoms with Crippen molar-refractivity contribution in [1.29, 1.82) is 0 Å². The van der Waals surface area contributed by atoms with Crippen LogP contribution >= 0.6 is 11.8 Å². The van der Waals surface area contributed by atoms with Gasteiger partial charge < -0.3 is 31.7 Å². The molecule has 0 bridgehead atoms. The summed E-state index contributed by atoms with van der Waals surface area (Å²) in [5.41, 5.74) is 15.1. The Labute approximate surface area is 227 Å². The molecule has 4 atom stereocenters. The zero-order valence-electron chi connectivity index (χ0n) is 20.8. The lowest BCUT2D eigenvalue weighted by Crippen LogP contribution is -2.32. The van der Waals surface area contributed by atoms with Crippen molar-refractivity contribution < 1.29 is 19.3 Å². The van der Waals surface area contributed by atoms with E-state index in [1.165, 1.54) is 24.9 Å². The van der Waals surface area contributed by atoms with E-state index in [-0.39, 0.29) is 11.8 Å². The molecule has 0 spiro atoms. The van der Waals surface area contributed by atoms with Crippen LogP contribution in [0.2, 0.25) is 0 Å². The highest BCUT2D eigenvalue weighted by molar-refractivity contribution is 7.99. The quantitative estimate of drug-likeness (QED) is 0.0881. The number of aliphatic hydroxyl groups is 2. The number of fused-ring (bicyclic) bond motifs is 1. The molecule has 4 heterocycles. The number of halogens is 1. The van der Waals surface area contributed by atoms with Gasteiger partial charge in [-0.2, -0.15) is 16.2 Å². The number of pyridine rings is 1. The van der Waals surface area contributed by atoms with Crippen molar-refractivity contribution in [2.45, 2.75) is 31.0 Å². The van der Waals surface area contributed by atoms with Crippen LogP contribution in [0.25, 0.3) is 22.3 Å². The molecule has 4 aromatic rings. The summed E-state index contributed by atoms with van der Waals surface area (Å²) in [5.74, 6) is 1.23. The summed E-state index contributed by atoms with van der Waals surface area (Å²) in [5, 5.41) is 24.2. The largest absolute Gasteiger partial charge is 0.387 e. The third-order valence-corrected chi connectivity index (χ3v) is 7.35. The highest BCUT2D eigenvalue weighted by atomic mass is 32.2. The van der Waals surface area contributed by atoms with Crippen LogP contribution in [0.4, 0.5) is 15.9 Å². The van der Waals surface area contributed by atoms with Gasteiger partial charge in [0, 0.05) is 29.7 Å². The number of guanidine groups is 1. The van der Waals surface area contributed by atoms with Gasteiger partial charge in [-0.3, -0.25) is 9.56 Å². The lowest BCUT2D eigenvalue weighted by atomic mass is 10.1. The van der Waals surface area contributed by atoms with Gasteiger partial charge in [0.25, 0.3) is 0 Å². The van der Waals surface area contributed by atoms with Gasteiger partial charge in [-0.15, -0.1) is 0 Å². The fraction of sp³-hybridized carbons (Fsp3) is 0.320. The minimum absolute atomic E-state index is 0.230. The van der Waals surface area contributed by atoms with Crippen molar-refractivity contribution in [2.24, 2.45) is 10.7 Å². The van der Waals surface area contributed by atoms with Crippen molar-refractivity contribution in [2.75, 3.05) is 29.1 Å². The van der Waals surface area contributed by atoms with Gasteiger partial charge in [0.05, 0.1) is 12.4 Å². The van der Waals surface area contributed by atoms with Gasteiger partial charge in [-0.1, -0.05) is 12.1 Å². The molecule has 1 saturated heterocycles. The Hall–Kier alpha value is -3.85. The van der Waals surface area contributed by atoms with E-state index in [9.17, 15) is 14.6 Å². The summed E-state index contributed by atoms with van der Waals surface area (Å²) in [4.78, 5) is 20.3. The lowest BCUT2D eigenvalue weighted by Gasteiger charge is -2.16. The zero-order valence-corrected chi connectivity index (χ0v) is 21.6. The number of aliphatic imine (C=N–C) groups is 1. The van der Waals surface area contributed by atoms with E-state index in [4.69, 9.17) is 16.2 Å². The van der Waals surface area contributed by atoms with Gasteiger partial charge in [0.1, 0.15) is 24.1 Å². The van der Waals surface area contributed by atoms with Crippen LogP contribution in [-0.4, -0.2) is 77.0 Å². The van der Waals surface area contributed by atoms with Gasteiger partial charge in [0.15, 0.2) is 23.7 Å².